The fourth-order valence-electron chi connectivity index (χ4n) is 3.46. The highest BCUT2D eigenvalue weighted by atomic mass is 16.6. The summed E-state index contributed by atoms with van der Waals surface area (Å²) in [5.41, 5.74) is 6.10. The van der Waals surface area contributed by atoms with E-state index in [-0.39, 0.29) is 23.2 Å². The maximum Gasteiger partial charge on any atom is 0.282 e. The Bertz CT molecular complexity index is 560. The number of carbonyl (C=O) groups excluding carboxylic acids is 1. The predicted octanol–water partition coefficient (Wildman–Crippen LogP) is 1.40. The normalized spacial score (nSPS) is 28.4. The first kappa shape index (κ1) is 13.1. The highest BCUT2D eigenvalue weighted by Gasteiger charge is 2.43. The van der Waals surface area contributed by atoms with E-state index in [4.69, 9.17) is 5.73 Å². The van der Waals surface area contributed by atoms with E-state index >= 15 is 0 Å². The van der Waals surface area contributed by atoms with Crippen LogP contribution in [-0.2, 0) is 0 Å². The van der Waals surface area contributed by atoms with Gasteiger partial charge in [0.1, 0.15) is 5.56 Å². The quantitative estimate of drug-likeness (QED) is 0.652. The van der Waals surface area contributed by atoms with Crippen molar-refractivity contribution in [1.82, 2.24) is 4.90 Å². The zero-order valence-electron chi connectivity index (χ0n) is 11.1. The zero-order chi connectivity index (χ0) is 14.3. The second-order valence-electron chi connectivity index (χ2n) is 5.65. The third-order valence-electron chi connectivity index (χ3n) is 4.53. The lowest BCUT2D eigenvalue weighted by molar-refractivity contribution is -0.385. The van der Waals surface area contributed by atoms with Gasteiger partial charge in [0.25, 0.3) is 11.6 Å². The molecular weight excluding hydrogens is 258 g/mol. The molecule has 1 aliphatic carbocycles. The number of nitro benzene ring substituents is 1. The van der Waals surface area contributed by atoms with Crippen molar-refractivity contribution in [3.05, 3.63) is 39.9 Å². The third kappa shape index (κ3) is 2.06. The van der Waals surface area contributed by atoms with Gasteiger partial charge in [-0.05, 0) is 30.7 Å². The van der Waals surface area contributed by atoms with Crippen LogP contribution in [0.4, 0.5) is 5.69 Å². The lowest BCUT2D eigenvalue weighted by Gasteiger charge is -2.18. The molecule has 0 radical (unpaired) electrons. The number of hydrogen-bond donors (Lipinski definition) is 1. The SMILES string of the molecule is N[C@@H]1CC[C@@H]2CN(C(=O)c3ccccc3[N+](=O)[O-])C[C@@H]21. The van der Waals surface area contributed by atoms with Gasteiger partial charge >= 0.3 is 0 Å². The van der Waals surface area contributed by atoms with Crippen LogP contribution >= 0.6 is 0 Å². The molecule has 3 atom stereocenters. The van der Waals surface area contributed by atoms with Crippen molar-refractivity contribution in [3.63, 3.8) is 0 Å². The Morgan fingerprint density at radius 3 is 2.75 bits per heavy atom. The molecule has 1 aliphatic heterocycles. The van der Waals surface area contributed by atoms with Crippen molar-refractivity contribution in [1.29, 1.82) is 0 Å². The maximum absolute atomic E-state index is 12.5. The summed E-state index contributed by atoms with van der Waals surface area (Å²) in [5, 5.41) is 11.0. The van der Waals surface area contributed by atoms with E-state index < -0.39 is 4.92 Å². The van der Waals surface area contributed by atoms with Crippen molar-refractivity contribution in [2.75, 3.05) is 13.1 Å². The third-order valence-corrected chi connectivity index (χ3v) is 4.53. The minimum atomic E-state index is -0.504. The van der Waals surface area contributed by atoms with Crippen LogP contribution in [0.15, 0.2) is 24.3 Å². The number of nitro groups is 1. The van der Waals surface area contributed by atoms with Crippen LogP contribution in [-0.4, -0.2) is 34.9 Å². The van der Waals surface area contributed by atoms with E-state index in [2.05, 4.69) is 0 Å². The van der Waals surface area contributed by atoms with Crippen molar-refractivity contribution in [2.24, 2.45) is 17.6 Å². The fraction of sp³-hybridized carbons (Fsp3) is 0.500. The van der Waals surface area contributed by atoms with Crippen LogP contribution in [0, 0.1) is 22.0 Å². The molecular formula is C14H17N3O3. The Morgan fingerprint density at radius 1 is 1.30 bits per heavy atom. The van der Waals surface area contributed by atoms with E-state index in [1.807, 2.05) is 0 Å². The molecule has 1 heterocycles. The number of likely N-dealkylation sites (tertiary alicyclic amines) is 1. The van der Waals surface area contributed by atoms with Gasteiger partial charge in [0.2, 0.25) is 0 Å². The van der Waals surface area contributed by atoms with Crippen molar-refractivity contribution >= 4 is 11.6 Å². The van der Waals surface area contributed by atoms with Crippen molar-refractivity contribution in [2.45, 2.75) is 18.9 Å². The average Bonchev–Trinajstić information content (AvgIpc) is 3.00. The number of amides is 1. The Labute approximate surface area is 116 Å². The number of carbonyl (C=O) groups is 1. The Balaban J connectivity index is 1.83. The molecule has 0 bridgehead atoms. The van der Waals surface area contributed by atoms with Gasteiger partial charge < -0.3 is 10.6 Å². The van der Waals surface area contributed by atoms with E-state index in [1.54, 1.807) is 17.0 Å². The molecule has 3 rings (SSSR count). The molecule has 0 spiro atoms. The summed E-state index contributed by atoms with van der Waals surface area (Å²) < 4.78 is 0. The molecule has 1 aromatic carbocycles. The number of nitrogens with zero attached hydrogens (tertiary/aromatic N) is 2. The van der Waals surface area contributed by atoms with Crippen LogP contribution < -0.4 is 5.73 Å². The molecule has 6 heteroatoms. The molecule has 1 saturated carbocycles. The molecule has 2 N–H and O–H groups in total. The van der Waals surface area contributed by atoms with Gasteiger partial charge in [-0.3, -0.25) is 14.9 Å². The predicted molar refractivity (Wildman–Crippen MR) is 73.2 cm³/mol. The molecule has 1 amide bonds. The molecule has 0 unspecified atom stereocenters. The van der Waals surface area contributed by atoms with Gasteiger partial charge in [-0.1, -0.05) is 12.1 Å². The molecule has 106 valence electrons. The summed E-state index contributed by atoms with van der Waals surface area (Å²) in [7, 11) is 0. The first-order valence-corrected chi connectivity index (χ1v) is 6.86. The highest BCUT2D eigenvalue weighted by Crippen LogP contribution is 2.38. The number of fused-ring (bicyclic) bond motifs is 1. The van der Waals surface area contributed by atoms with E-state index in [0.717, 1.165) is 12.8 Å². The number of nitrogens with two attached hydrogens (primary N) is 1. The van der Waals surface area contributed by atoms with Crippen LogP contribution in [0.2, 0.25) is 0 Å². The summed E-state index contributed by atoms with van der Waals surface area (Å²) in [6.45, 7) is 1.29. The minimum absolute atomic E-state index is 0.126. The monoisotopic (exact) mass is 275 g/mol. The number of rotatable bonds is 2. The Hall–Kier alpha value is -1.95. The standard InChI is InChI=1S/C14H17N3O3/c15-12-6-5-9-7-16(8-11(9)12)14(18)10-3-1-2-4-13(10)17(19)20/h1-4,9,11-12H,5-8,15H2/t9-,11+,12-/m1/s1. The highest BCUT2D eigenvalue weighted by molar-refractivity contribution is 5.98. The Kier molecular flexibility index (Phi) is 3.17. The molecule has 2 aliphatic rings. The first-order chi connectivity index (χ1) is 9.58. The number of benzene rings is 1. The van der Waals surface area contributed by atoms with Crippen LogP contribution in [0.25, 0.3) is 0 Å². The second kappa shape index (κ2) is 4.86. The van der Waals surface area contributed by atoms with Crippen molar-refractivity contribution in [3.8, 4) is 0 Å². The lowest BCUT2D eigenvalue weighted by atomic mass is 9.98. The molecule has 20 heavy (non-hydrogen) atoms. The van der Waals surface area contributed by atoms with Crippen LogP contribution in [0.3, 0.4) is 0 Å². The molecule has 1 aromatic rings. The van der Waals surface area contributed by atoms with E-state index in [1.165, 1.54) is 12.1 Å². The summed E-state index contributed by atoms with van der Waals surface area (Å²) >= 11 is 0. The topological polar surface area (TPSA) is 89.5 Å². The minimum Gasteiger partial charge on any atom is -0.338 e. The van der Waals surface area contributed by atoms with Crippen LogP contribution in [0.1, 0.15) is 23.2 Å². The summed E-state index contributed by atoms with van der Waals surface area (Å²) in [4.78, 5) is 24.7. The summed E-state index contributed by atoms with van der Waals surface area (Å²) in [6.07, 6.45) is 2.06. The van der Waals surface area contributed by atoms with Gasteiger partial charge in [0.15, 0.2) is 0 Å². The van der Waals surface area contributed by atoms with Gasteiger partial charge in [-0.15, -0.1) is 0 Å². The van der Waals surface area contributed by atoms with Gasteiger partial charge in [0.05, 0.1) is 4.92 Å². The molecule has 6 nitrogen and oxygen atoms in total. The van der Waals surface area contributed by atoms with Gasteiger partial charge in [0, 0.05) is 25.2 Å². The summed E-state index contributed by atoms with van der Waals surface area (Å²) in [6, 6.07) is 6.28. The zero-order valence-corrected chi connectivity index (χ0v) is 11.1. The van der Waals surface area contributed by atoms with Crippen LogP contribution in [0.5, 0.6) is 0 Å². The molecule has 0 aromatic heterocycles. The Morgan fingerprint density at radius 2 is 2.05 bits per heavy atom. The lowest BCUT2D eigenvalue weighted by Crippen LogP contribution is -2.33. The fourth-order valence-corrected chi connectivity index (χ4v) is 3.46. The van der Waals surface area contributed by atoms with E-state index in [9.17, 15) is 14.9 Å². The first-order valence-electron chi connectivity index (χ1n) is 6.86. The summed E-state index contributed by atoms with van der Waals surface area (Å²) in [5.74, 6) is 0.553. The molecule has 2 fully saturated rings. The molecule has 1 saturated heterocycles. The average molecular weight is 275 g/mol. The van der Waals surface area contributed by atoms with Gasteiger partial charge in [-0.25, -0.2) is 0 Å². The van der Waals surface area contributed by atoms with Crippen molar-refractivity contribution < 1.29 is 9.72 Å². The van der Waals surface area contributed by atoms with E-state index in [0.29, 0.717) is 24.9 Å². The number of hydrogen-bond acceptors (Lipinski definition) is 4. The second-order valence-corrected chi connectivity index (χ2v) is 5.65. The smallest absolute Gasteiger partial charge is 0.282 e. The maximum atomic E-state index is 12.5. The number of para-hydroxylation sites is 1. The largest absolute Gasteiger partial charge is 0.338 e. The van der Waals surface area contributed by atoms with Gasteiger partial charge in [-0.2, -0.15) is 0 Å².